The van der Waals surface area contributed by atoms with Gasteiger partial charge in [-0.2, -0.15) is 0 Å². The monoisotopic (exact) mass is 623 g/mol. The van der Waals surface area contributed by atoms with Crippen LogP contribution in [-0.4, -0.2) is 78.6 Å². The lowest BCUT2D eigenvalue weighted by molar-refractivity contribution is -0.277. The molecule has 234 valence electrons. The van der Waals surface area contributed by atoms with E-state index in [2.05, 4.69) is 15.6 Å². The van der Waals surface area contributed by atoms with Gasteiger partial charge in [0.05, 0.1) is 24.2 Å². The third-order valence-electron chi connectivity index (χ3n) is 7.46. The number of nitrogens with zero attached hydrogens (tertiary/aromatic N) is 3. The van der Waals surface area contributed by atoms with E-state index in [0.717, 1.165) is 41.7 Å². The second-order valence-corrected chi connectivity index (χ2v) is 11.6. The van der Waals surface area contributed by atoms with E-state index < -0.39 is 37.3 Å². The molecule has 1 saturated heterocycles. The van der Waals surface area contributed by atoms with Crippen molar-refractivity contribution in [3.63, 3.8) is 0 Å². The molecule has 0 radical (unpaired) electrons. The number of aliphatic hydroxyl groups is 4. The number of thiophene rings is 1. The number of nitrogen functional groups attached to an aromatic ring is 1. The van der Waals surface area contributed by atoms with E-state index in [1.807, 2.05) is 41.9 Å². The first-order valence-corrected chi connectivity index (χ1v) is 15.4. The van der Waals surface area contributed by atoms with Crippen LogP contribution in [0.15, 0.2) is 66.2 Å². The van der Waals surface area contributed by atoms with Gasteiger partial charge in [0.2, 0.25) is 12.2 Å². The van der Waals surface area contributed by atoms with E-state index in [-0.39, 0.29) is 5.91 Å². The molecule has 4 aromatic rings. The molecule has 7 N–H and O–H groups in total. The number of carbonyl (C=O) groups excluding carboxylic acids is 1. The molecule has 5 atom stereocenters. The van der Waals surface area contributed by atoms with Crippen molar-refractivity contribution in [2.45, 2.75) is 69.4 Å². The Morgan fingerprint density at radius 3 is 2.52 bits per heavy atom. The summed E-state index contributed by atoms with van der Waals surface area (Å²) >= 11 is 1.64. The molecule has 13 heteroatoms. The van der Waals surface area contributed by atoms with E-state index >= 15 is 0 Å². The van der Waals surface area contributed by atoms with Crippen molar-refractivity contribution in [1.82, 2.24) is 15.0 Å². The molecule has 0 spiro atoms. The van der Waals surface area contributed by atoms with Crippen LogP contribution in [0, 0.1) is 0 Å². The Morgan fingerprint density at radius 2 is 1.77 bits per heavy atom. The van der Waals surface area contributed by atoms with Crippen molar-refractivity contribution >= 4 is 28.6 Å². The van der Waals surface area contributed by atoms with E-state index in [0.29, 0.717) is 35.8 Å². The Balaban J connectivity index is 1.02. The average molecular weight is 624 g/mol. The first kappa shape index (κ1) is 31.6. The summed E-state index contributed by atoms with van der Waals surface area (Å²) in [5, 5.41) is 52.8. The van der Waals surface area contributed by atoms with E-state index in [1.54, 1.807) is 40.3 Å². The zero-order valence-corrected chi connectivity index (χ0v) is 24.8. The third-order valence-corrected chi connectivity index (χ3v) is 8.38. The van der Waals surface area contributed by atoms with Crippen LogP contribution in [0.1, 0.15) is 32.1 Å². The molecule has 12 nitrogen and oxygen atoms in total. The van der Waals surface area contributed by atoms with Gasteiger partial charge in [-0.1, -0.05) is 30.2 Å². The minimum atomic E-state index is -1.51. The number of unbranched alkanes of at least 4 members (excludes halogenated alkanes) is 3. The number of amides is 1. The first-order valence-electron chi connectivity index (χ1n) is 14.5. The van der Waals surface area contributed by atoms with Crippen molar-refractivity contribution in [1.29, 1.82) is 0 Å². The number of aliphatic hydroxyl groups excluding tert-OH is 4. The van der Waals surface area contributed by atoms with Gasteiger partial charge in [-0.05, 0) is 66.2 Å². The van der Waals surface area contributed by atoms with Crippen molar-refractivity contribution in [3.05, 3.63) is 66.2 Å². The number of aryl methyl sites for hydroxylation is 1. The summed E-state index contributed by atoms with van der Waals surface area (Å²) in [6.45, 7) is 0.169. The Hall–Kier alpha value is -3.85. The fraction of sp³-hybridized carbons (Fsp3) is 0.387. The maximum Gasteiger partial charge on any atom is 0.229 e. The average Bonchev–Trinajstić information content (AvgIpc) is 3.74. The Labute approximate surface area is 258 Å². The molecular formula is C31H37N5O7S. The van der Waals surface area contributed by atoms with Crippen LogP contribution in [0.3, 0.4) is 0 Å². The smallest absolute Gasteiger partial charge is 0.229 e. The normalized spacial score (nSPS) is 21.7. The zero-order chi connectivity index (χ0) is 31.1. The third kappa shape index (κ3) is 7.80. The lowest BCUT2D eigenvalue weighted by Crippen LogP contribution is -2.60. The van der Waals surface area contributed by atoms with Crippen LogP contribution in [0.25, 0.3) is 21.7 Å². The number of hydrogen-bond donors (Lipinski definition) is 6. The predicted octanol–water partition coefficient (Wildman–Crippen LogP) is 3.02. The zero-order valence-electron chi connectivity index (χ0n) is 24.0. The Kier molecular flexibility index (Phi) is 10.6. The molecule has 2 aromatic heterocycles. The van der Waals surface area contributed by atoms with Crippen LogP contribution in [0.4, 0.5) is 11.4 Å². The number of aromatic nitrogens is 3. The number of ether oxygens (including phenoxy) is 2. The standard InChI is InChI=1S/C31H37N5O7S/c32-22-13-10-20(26-6-5-15-44-26)16-23(22)33-27(38)7-3-1-2-4-14-36-17-24(34-35-36)19-8-11-21(12-9-19)42-31-30(41)29(40)28(39)25(18-37)43-31/h5-6,8-13,15-17,25,28-31,37,39-41H,1-4,7,14,18,32H2,(H,33,38)/t25-,28-,29+,30-,31+/m1/s1. The maximum absolute atomic E-state index is 12.5. The van der Waals surface area contributed by atoms with Crippen LogP contribution in [-0.2, 0) is 16.1 Å². The van der Waals surface area contributed by atoms with Gasteiger partial charge >= 0.3 is 0 Å². The van der Waals surface area contributed by atoms with E-state index in [4.69, 9.17) is 15.2 Å². The van der Waals surface area contributed by atoms with Crippen molar-refractivity contribution < 1.29 is 34.7 Å². The highest BCUT2D eigenvalue weighted by molar-refractivity contribution is 7.13. The summed E-state index contributed by atoms with van der Waals surface area (Å²) in [5.41, 5.74) is 9.78. The summed E-state index contributed by atoms with van der Waals surface area (Å²) in [5.74, 6) is 0.320. The first-order chi connectivity index (χ1) is 21.3. The van der Waals surface area contributed by atoms with Gasteiger partial charge < -0.3 is 41.0 Å². The molecule has 0 unspecified atom stereocenters. The number of benzene rings is 2. The summed E-state index contributed by atoms with van der Waals surface area (Å²) in [4.78, 5) is 13.6. The van der Waals surface area contributed by atoms with Crippen LogP contribution < -0.4 is 15.8 Å². The molecule has 1 aliphatic heterocycles. The largest absolute Gasteiger partial charge is 0.462 e. The number of rotatable bonds is 13. The molecule has 1 amide bonds. The van der Waals surface area contributed by atoms with Gasteiger partial charge in [0.25, 0.3) is 0 Å². The quantitative estimate of drug-likeness (QED) is 0.0955. The highest BCUT2D eigenvalue weighted by Gasteiger charge is 2.44. The molecule has 2 aromatic carbocycles. The molecule has 1 aliphatic rings. The van der Waals surface area contributed by atoms with Crippen LogP contribution >= 0.6 is 11.3 Å². The highest BCUT2D eigenvalue weighted by Crippen LogP contribution is 2.30. The van der Waals surface area contributed by atoms with Gasteiger partial charge in [-0.3, -0.25) is 9.48 Å². The summed E-state index contributed by atoms with van der Waals surface area (Å²) in [6, 6.07) is 16.6. The highest BCUT2D eigenvalue weighted by atomic mass is 32.1. The molecule has 3 heterocycles. The Morgan fingerprint density at radius 1 is 1.00 bits per heavy atom. The molecule has 44 heavy (non-hydrogen) atoms. The van der Waals surface area contributed by atoms with E-state index in [9.17, 15) is 25.2 Å². The predicted molar refractivity (Wildman–Crippen MR) is 166 cm³/mol. The van der Waals surface area contributed by atoms with Gasteiger partial charge in [0.15, 0.2) is 0 Å². The molecule has 5 rings (SSSR count). The molecular weight excluding hydrogens is 586 g/mol. The van der Waals surface area contributed by atoms with Gasteiger partial charge in [0, 0.05) is 23.4 Å². The van der Waals surface area contributed by atoms with Gasteiger partial charge in [-0.25, -0.2) is 0 Å². The topological polar surface area (TPSA) is 185 Å². The fourth-order valence-corrected chi connectivity index (χ4v) is 5.65. The number of nitrogens with one attached hydrogen (secondary N) is 1. The summed E-state index contributed by atoms with van der Waals surface area (Å²) in [6.07, 6.45) is -0.926. The molecule has 0 saturated carbocycles. The number of carbonyl (C=O) groups is 1. The SMILES string of the molecule is Nc1ccc(-c2cccs2)cc1NC(=O)CCCCCCn1cc(-c2ccc(O[C@H]3O[C@H](CO)[C@@H](O)[C@H](O)[C@H]3O)cc2)nn1. The van der Waals surface area contributed by atoms with Crippen molar-refractivity contribution in [2.75, 3.05) is 17.7 Å². The maximum atomic E-state index is 12.5. The summed E-state index contributed by atoms with van der Waals surface area (Å²) < 4.78 is 12.8. The number of nitrogens with two attached hydrogens (primary N) is 1. The lowest BCUT2D eigenvalue weighted by Gasteiger charge is -2.39. The van der Waals surface area contributed by atoms with Gasteiger partial charge in [0.1, 0.15) is 35.9 Å². The molecule has 0 aliphatic carbocycles. The van der Waals surface area contributed by atoms with Crippen molar-refractivity contribution in [2.24, 2.45) is 0 Å². The van der Waals surface area contributed by atoms with Crippen LogP contribution in [0.2, 0.25) is 0 Å². The minimum absolute atomic E-state index is 0.0504. The number of hydrogen-bond acceptors (Lipinski definition) is 11. The number of anilines is 2. The van der Waals surface area contributed by atoms with E-state index in [1.165, 1.54) is 0 Å². The second-order valence-electron chi connectivity index (χ2n) is 10.7. The van der Waals surface area contributed by atoms with Crippen molar-refractivity contribution in [3.8, 4) is 27.4 Å². The van der Waals surface area contributed by atoms with Crippen LogP contribution in [0.5, 0.6) is 5.75 Å². The summed E-state index contributed by atoms with van der Waals surface area (Å²) in [7, 11) is 0. The lowest BCUT2D eigenvalue weighted by atomic mass is 9.99. The molecule has 0 bridgehead atoms. The Bertz CT molecular complexity index is 1500. The molecule has 1 fully saturated rings. The minimum Gasteiger partial charge on any atom is -0.462 e. The van der Waals surface area contributed by atoms with Gasteiger partial charge in [-0.15, -0.1) is 16.4 Å². The second kappa shape index (κ2) is 14.8. The fourth-order valence-electron chi connectivity index (χ4n) is 4.93.